The van der Waals surface area contributed by atoms with Crippen molar-refractivity contribution in [3.63, 3.8) is 0 Å². The zero-order valence-corrected chi connectivity index (χ0v) is 6.24. The highest BCUT2D eigenvalue weighted by atomic mass is 19.1. The number of carbonyl (C=O) groups excluding carboxylic acids is 1. The third-order valence-electron chi connectivity index (χ3n) is 1.86. The summed E-state index contributed by atoms with van der Waals surface area (Å²) in [6, 6.07) is 5.98. The quantitative estimate of drug-likeness (QED) is 0.491. The highest BCUT2D eigenvalue weighted by molar-refractivity contribution is 5.61. The summed E-state index contributed by atoms with van der Waals surface area (Å²) in [5.74, 6) is -0.276. The first-order chi connectivity index (χ1) is 5.81. The highest BCUT2D eigenvalue weighted by Crippen LogP contribution is 2.36. The number of hydrogen-bond acceptors (Lipinski definition) is 2. The number of aldehydes is 1. The first kappa shape index (κ1) is 7.43. The molecule has 0 amide bonds. The van der Waals surface area contributed by atoms with Gasteiger partial charge in [-0.1, -0.05) is 12.1 Å². The predicted octanol–water partition coefficient (Wildman–Crippen LogP) is 1.46. The van der Waals surface area contributed by atoms with Gasteiger partial charge in [0.05, 0.1) is 0 Å². The summed E-state index contributed by atoms with van der Waals surface area (Å²) in [4.78, 5) is 10.2. The van der Waals surface area contributed by atoms with E-state index in [4.69, 9.17) is 4.74 Å². The summed E-state index contributed by atoms with van der Waals surface area (Å²) in [5, 5.41) is 0. The zero-order valence-electron chi connectivity index (χ0n) is 6.24. The largest absolute Gasteiger partial charge is 0.357 e. The fourth-order valence-electron chi connectivity index (χ4n) is 1.15. The minimum absolute atomic E-state index is 0.150. The van der Waals surface area contributed by atoms with E-state index in [-0.39, 0.29) is 18.0 Å². The van der Waals surface area contributed by atoms with E-state index in [1.165, 1.54) is 12.1 Å². The Morgan fingerprint density at radius 1 is 1.33 bits per heavy atom. The standard InChI is InChI=1S/C9H7FO2/c10-7-3-1-6(2-4-7)9-8(5-11)12-9/h1-5,8-9H/t8-,9-/m0/s1. The molecular weight excluding hydrogens is 159 g/mol. The molecule has 62 valence electrons. The van der Waals surface area contributed by atoms with Crippen LogP contribution < -0.4 is 0 Å². The summed E-state index contributed by atoms with van der Waals surface area (Å²) in [6.07, 6.45) is 0.284. The van der Waals surface area contributed by atoms with Gasteiger partial charge in [-0.15, -0.1) is 0 Å². The molecule has 2 nitrogen and oxygen atoms in total. The van der Waals surface area contributed by atoms with E-state index < -0.39 is 0 Å². The van der Waals surface area contributed by atoms with Gasteiger partial charge in [0.25, 0.3) is 0 Å². The molecule has 2 atom stereocenters. The van der Waals surface area contributed by atoms with Crippen LogP contribution in [0.3, 0.4) is 0 Å². The Hall–Kier alpha value is -1.22. The van der Waals surface area contributed by atoms with Gasteiger partial charge in [0.1, 0.15) is 18.0 Å². The molecule has 0 aliphatic carbocycles. The predicted molar refractivity (Wildman–Crippen MR) is 40.1 cm³/mol. The molecule has 3 heteroatoms. The molecule has 1 aliphatic rings. The normalized spacial score (nSPS) is 26.8. The summed E-state index contributed by atoms with van der Waals surface area (Å²) in [7, 11) is 0. The lowest BCUT2D eigenvalue weighted by Gasteiger charge is -1.92. The van der Waals surface area contributed by atoms with Crippen LogP contribution in [0.15, 0.2) is 24.3 Å². The number of halogens is 1. The van der Waals surface area contributed by atoms with Crippen LogP contribution in [0, 0.1) is 5.82 Å². The van der Waals surface area contributed by atoms with Crippen molar-refractivity contribution in [1.82, 2.24) is 0 Å². The molecule has 0 aromatic heterocycles. The van der Waals surface area contributed by atoms with Crippen molar-refractivity contribution in [2.24, 2.45) is 0 Å². The van der Waals surface area contributed by atoms with Crippen molar-refractivity contribution < 1.29 is 13.9 Å². The van der Waals surface area contributed by atoms with E-state index in [1.807, 2.05) is 0 Å². The van der Waals surface area contributed by atoms with Crippen molar-refractivity contribution >= 4 is 6.29 Å². The number of ether oxygens (including phenoxy) is 1. The third kappa shape index (κ3) is 1.23. The fourth-order valence-corrected chi connectivity index (χ4v) is 1.15. The van der Waals surface area contributed by atoms with Crippen molar-refractivity contribution in [1.29, 1.82) is 0 Å². The number of epoxide rings is 1. The molecule has 0 N–H and O–H groups in total. The topological polar surface area (TPSA) is 29.6 Å². The van der Waals surface area contributed by atoms with Gasteiger partial charge in [-0.2, -0.15) is 0 Å². The maximum Gasteiger partial charge on any atom is 0.151 e. The second-order valence-electron chi connectivity index (χ2n) is 2.71. The van der Waals surface area contributed by atoms with Gasteiger partial charge < -0.3 is 9.53 Å². The van der Waals surface area contributed by atoms with Crippen LogP contribution in [0.1, 0.15) is 11.7 Å². The van der Waals surface area contributed by atoms with Gasteiger partial charge in [-0.05, 0) is 17.7 Å². The minimum atomic E-state index is -0.324. The zero-order chi connectivity index (χ0) is 8.55. The SMILES string of the molecule is O=C[C@@H]1O[C@H]1c1ccc(F)cc1. The molecule has 2 rings (SSSR count). The molecular formula is C9H7FO2. The number of benzene rings is 1. The summed E-state index contributed by atoms with van der Waals surface area (Å²) in [6.45, 7) is 0. The van der Waals surface area contributed by atoms with Crippen molar-refractivity contribution in [2.75, 3.05) is 0 Å². The number of hydrogen-bond donors (Lipinski definition) is 0. The van der Waals surface area contributed by atoms with Crippen LogP contribution in [0.5, 0.6) is 0 Å². The fraction of sp³-hybridized carbons (Fsp3) is 0.222. The molecule has 0 spiro atoms. The summed E-state index contributed by atoms with van der Waals surface area (Å²) in [5.41, 5.74) is 0.855. The number of rotatable bonds is 2. The highest BCUT2D eigenvalue weighted by Gasteiger charge is 2.39. The molecule has 1 heterocycles. The second-order valence-corrected chi connectivity index (χ2v) is 2.71. The van der Waals surface area contributed by atoms with Crippen molar-refractivity contribution in [3.8, 4) is 0 Å². The van der Waals surface area contributed by atoms with Gasteiger partial charge in [-0.3, -0.25) is 0 Å². The Morgan fingerprint density at radius 2 is 2.00 bits per heavy atom. The van der Waals surface area contributed by atoms with Crippen molar-refractivity contribution in [3.05, 3.63) is 35.6 Å². The van der Waals surface area contributed by atoms with Gasteiger partial charge >= 0.3 is 0 Å². The first-order valence-corrected chi connectivity index (χ1v) is 3.67. The lowest BCUT2D eigenvalue weighted by atomic mass is 10.1. The van der Waals surface area contributed by atoms with Crippen LogP contribution >= 0.6 is 0 Å². The first-order valence-electron chi connectivity index (χ1n) is 3.67. The molecule has 1 aromatic rings. The van der Waals surface area contributed by atoms with E-state index in [0.717, 1.165) is 11.8 Å². The van der Waals surface area contributed by atoms with E-state index >= 15 is 0 Å². The maximum atomic E-state index is 12.4. The molecule has 1 fully saturated rings. The van der Waals surface area contributed by atoms with E-state index in [1.54, 1.807) is 12.1 Å². The van der Waals surface area contributed by atoms with Gasteiger partial charge in [0, 0.05) is 0 Å². The van der Waals surface area contributed by atoms with E-state index in [2.05, 4.69) is 0 Å². The smallest absolute Gasteiger partial charge is 0.151 e. The lowest BCUT2D eigenvalue weighted by molar-refractivity contribution is -0.108. The average Bonchev–Trinajstić information content (AvgIpc) is 2.85. The monoisotopic (exact) mass is 166 g/mol. The second kappa shape index (κ2) is 2.68. The Kier molecular flexibility index (Phi) is 1.66. The van der Waals surface area contributed by atoms with Gasteiger partial charge in [0.15, 0.2) is 6.29 Å². The van der Waals surface area contributed by atoms with E-state index in [9.17, 15) is 9.18 Å². The molecule has 1 aromatic carbocycles. The van der Waals surface area contributed by atoms with E-state index in [0.29, 0.717) is 0 Å². The molecule has 0 bridgehead atoms. The molecule has 0 radical (unpaired) electrons. The van der Waals surface area contributed by atoms with Crippen LogP contribution in [-0.4, -0.2) is 12.4 Å². The molecule has 1 aliphatic heterocycles. The van der Waals surface area contributed by atoms with Crippen molar-refractivity contribution in [2.45, 2.75) is 12.2 Å². The van der Waals surface area contributed by atoms with Crippen LogP contribution in [-0.2, 0) is 9.53 Å². The molecule has 0 unspecified atom stereocenters. The summed E-state index contributed by atoms with van der Waals surface area (Å²) < 4.78 is 17.4. The summed E-state index contributed by atoms with van der Waals surface area (Å²) >= 11 is 0. The maximum absolute atomic E-state index is 12.4. The van der Waals surface area contributed by atoms with Crippen LogP contribution in [0.25, 0.3) is 0 Å². The lowest BCUT2D eigenvalue weighted by Crippen LogP contribution is -1.88. The Morgan fingerprint density at radius 3 is 2.50 bits per heavy atom. The number of carbonyl (C=O) groups is 1. The van der Waals surface area contributed by atoms with Crippen LogP contribution in [0.2, 0.25) is 0 Å². The van der Waals surface area contributed by atoms with Crippen LogP contribution in [0.4, 0.5) is 4.39 Å². The molecule has 0 saturated carbocycles. The average molecular weight is 166 g/mol. The molecule has 12 heavy (non-hydrogen) atoms. The third-order valence-corrected chi connectivity index (χ3v) is 1.86. The Balaban J connectivity index is 2.15. The molecule has 1 saturated heterocycles. The van der Waals surface area contributed by atoms with Gasteiger partial charge in [-0.25, -0.2) is 4.39 Å². The van der Waals surface area contributed by atoms with Gasteiger partial charge in [0.2, 0.25) is 0 Å². The Labute approximate surface area is 69.0 Å². The Bertz CT molecular complexity index is 294. The minimum Gasteiger partial charge on any atom is -0.357 e.